The molecule has 3 rings (SSSR count). The minimum absolute atomic E-state index is 0.327. The maximum absolute atomic E-state index is 5.87. The quantitative estimate of drug-likeness (QED) is 0.834. The lowest BCUT2D eigenvalue weighted by atomic mass is 9.95. The Hall–Kier alpha value is -0.900. The van der Waals surface area contributed by atoms with E-state index in [0.29, 0.717) is 5.41 Å². The van der Waals surface area contributed by atoms with Crippen LogP contribution in [0.5, 0.6) is 0 Å². The average Bonchev–Trinajstić information content (AvgIpc) is 3.22. The molecule has 1 aromatic carbocycles. The van der Waals surface area contributed by atoms with Crippen molar-refractivity contribution >= 4 is 0 Å². The van der Waals surface area contributed by atoms with E-state index in [-0.39, 0.29) is 0 Å². The van der Waals surface area contributed by atoms with Crippen LogP contribution >= 0.6 is 0 Å². The molecule has 1 saturated carbocycles. The molecule has 0 radical (unpaired) electrons. The van der Waals surface area contributed by atoms with Gasteiger partial charge >= 0.3 is 0 Å². The highest BCUT2D eigenvalue weighted by Gasteiger charge is 2.42. The average molecular weight is 245 g/mol. The van der Waals surface area contributed by atoms with Crippen LogP contribution in [0.3, 0.4) is 0 Å². The summed E-state index contributed by atoms with van der Waals surface area (Å²) >= 11 is 0. The van der Waals surface area contributed by atoms with Crippen LogP contribution in [0.15, 0.2) is 24.3 Å². The standard InChI is InChI=1S/C15H23N3/c16-12-15(5-6-15)14-3-1-13(2-4-14)11-18-9-7-17-8-10-18/h1-4,17H,5-12,16H2. The van der Waals surface area contributed by atoms with Crippen LogP contribution in [0.4, 0.5) is 0 Å². The van der Waals surface area contributed by atoms with Gasteiger partial charge in [-0.3, -0.25) is 4.90 Å². The highest BCUT2D eigenvalue weighted by atomic mass is 15.2. The molecule has 2 fully saturated rings. The molecule has 0 amide bonds. The van der Waals surface area contributed by atoms with Gasteiger partial charge in [-0.25, -0.2) is 0 Å². The minimum Gasteiger partial charge on any atom is -0.330 e. The fraction of sp³-hybridized carbons (Fsp3) is 0.600. The van der Waals surface area contributed by atoms with Crippen molar-refractivity contribution in [3.05, 3.63) is 35.4 Å². The fourth-order valence-electron chi connectivity index (χ4n) is 2.85. The third-order valence-electron chi connectivity index (χ3n) is 4.43. The summed E-state index contributed by atoms with van der Waals surface area (Å²) in [5.74, 6) is 0. The molecule has 1 saturated heterocycles. The predicted octanol–water partition coefficient (Wildman–Crippen LogP) is 1.08. The lowest BCUT2D eigenvalue weighted by Gasteiger charge is -2.27. The molecular weight excluding hydrogens is 222 g/mol. The normalized spacial score (nSPS) is 22.9. The SMILES string of the molecule is NCC1(c2ccc(CN3CCNCC3)cc2)CC1. The van der Waals surface area contributed by atoms with Crippen LogP contribution in [-0.2, 0) is 12.0 Å². The number of rotatable bonds is 4. The lowest BCUT2D eigenvalue weighted by Crippen LogP contribution is -2.42. The lowest BCUT2D eigenvalue weighted by molar-refractivity contribution is 0.233. The molecule has 3 heteroatoms. The summed E-state index contributed by atoms with van der Waals surface area (Å²) < 4.78 is 0. The second-order valence-corrected chi connectivity index (χ2v) is 5.71. The van der Waals surface area contributed by atoms with Gasteiger partial charge < -0.3 is 11.1 Å². The van der Waals surface area contributed by atoms with E-state index < -0.39 is 0 Å². The first-order chi connectivity index (χ1) is 8.82. The maximum atomic E-state index is 5.87. The predicted molar refractivity (Wildman–Crippen MR) is 74.6 cm³/mol. The van der Waals surface area contributed by atoms with Crippen molar-refractivity contribution < 1.29 is 0 Å². The van der Waals surface area contributed by atoms with Crippen LogP contribution in [0.2, 0.25) is 0 Å². The Labute approximate surface area is 109 Å². The van der Waals surface area contributed by atoms with Gasteiger partial charge in [0, 0.05) is 44.7 Å². The second kappa shape index (κ2) is 5.00. The molecule has 3 nitrogen and oxygen atoms in total. The number of hydrogen-bond donors (Lipinski definition) is 2. The molecule has 0 spiro atoms. The monoisotopic (exact) mass is 245 g/mol. The molecular formula is C15H23N3. The van der Waals surface area contributed by atoms with Crippen LogP contribution in [0, 0.1) is 0 Å². The van der Waals surface area contributed by atoms with Crippen molar-refractivity contribution in [2.24, 2.45) is 5.73 Å². The molecule has 2 aliphatic rings. The van der Waals surface area contributed by atoms with Gasteiger partial charge in [0.15, 0.2) is 0 Å². The molecule has 0 atom stereocenters. The zero-order valence-electron chi connectivity index (χ0n) is 11.0. The van der Waals surface area contributed by atoms with Crippen molar-refractivity contribution in [3.63, 3.8) is 0 Å². The summed E-state index contributed by atoms with van der Waals surface area (Å²) in [7, 11) is 0. The van der Waals surface area contributed by atoms with E-state index in [1.54, 1.807) is 0 Å². The van der Waals surface area contributed by atoms with E-state index in [9.17, 15) is 0 Å². The second-order valence-electron chi connectivity index (χ2n) is 5.71. The smallest absolute Gasteiger partial charge is 0.0234 e. The fourth-order valence-corrected chi connectivity index (χ4v) is 2.85. The summed E-state index contributed by atoms with van der Waals surface area (Å²) in [6.07, 6.45) is 2.53. The van der Waals surface area contributed by atoms with Gasteiger partial charge in [-0.05, 0) is 24.0 Å². The number of nitrogens with two attached hydrogens (primary N) is 1. The Morgan fingerprint density at radius 2 is 1.78 bits per heavy atom. The first kappa shape index (κ1) is 12.2. The van der Waals surface area contributed by atoms with E-state index >= 15 is 0 Å². The summed E-state index contributed by atoms with van der Waals surface area (Å²) in [5.41, 5.74) is 9.06. The Morgan fingerprint density at radius 3 is 2.33 bits per heavy atom. The summed E-state index contributed by atoms with van der Waals surface area (Å²) in [5, 5.41) is 3.39. The van der Waals surface area contributed by atoms with Crippen molar-refractivity contribution in [1.29, 1.82) is 0 Å². The molecule has 1 aromatic rings. The number of nitrogens with one attached hydrogen (secondary N) is 1. The number of piperazine rings is 1. The van der Waals surface area contributed by atoms with Crippen molar-refractivity contribution in [1.82, 2.24) is 10.2 Å². The van der Waals surface area contributed by atoms with E-state index in [1.165, 1.54) is 24.0 Å². The summed E-state index contributed by atoms with van der Waals surface area (Å²) in [4.78, 5) is 2.52. The molecule has 0 bridgehead atoms. The van der Waals surface area contributed by atoms with Gasteiger partial charge in [0.1, 0.15) is 0 Å². The Morgan fingerprint density at radius 1 is 1.11 bits per heavy atom. The van der Waals surface area contributed by atoms with Crippen molar-refractivity contribution in [3.8, 4) is 0 Å². The van der Waals surface area contributed by atoms with Crippen LogP contribution < -0.4 is 11.1 Å². The van der Waals surface area contributed by atoms with Gasteiger partial charge in [0.2, 0.25) is 0 Å². The number of hydrogen-bond acceptors (Lipinski definition) is 3. The van der Waals surface area contributed by atoms with Gasteiger partial charge in [-0.15, -0.1) is 0 Å². The zero-order valence-corrected chi connectivity index (χ0v) is 11.0. The molecule has 0 unspecified atom stereocenters. The molecule has 1 aliphatic carbocycles. The van der Waals surface area contributed by atoms with Crippen LogP contribution in [-0.4, -0.2) is 37.6 Å². The first-order valence-electron chi connectivity index (χ1n) is 7.05. The highest BCUT2D eigenvalue weighted by molar-refractivity contribution is 5.34. The van der Waals surface area contributed by atoms with Crippen LogP contribution in [0.1, 0.15) is 24.0 Å². The van der Waals surface area contributed by atoms with E-state index in [4.69, 9.17) is 5.73 Å². The zero-order chi connectivity index (χ0) is 12.4. The van der Waals surface area contributed by atoms with Gasteiger partial charge in [0.25, 0.3) is 0 Å². The van der Waals surface area contributed by atoms with Crippen molar-refractivity contribution in [2.75, 3.05) is 32.7 Å². The third-order valence-corrected chi connectivity index (χ3v) is 4.43. The highest BCUT2D eigenvalue weighted by Crippen LogP contribution is 2.47. The largest absolute Gasteiger partial charge is 0.330 e. The molecule has 98 valence electrons. The maximum Gasteiger partial charge on any atom is 0.0234 e. The van der Waals surface area contributed by atoms with Gasteiger partial charge in [-0.1, -0.05) is 24.3 Å². The molecule has 1 aliphatic heterocycles. The van der Waals surface area contributed by atoms with Crippen molar-refractivity contribution in [2.45, 2.75) is 24.8 Å². The van der Waals surface area contributed by atoms with E-state index in [0.717, 1.165) is 39.3 Å². The van der Waals surface area contributed by atoms with E-state index in [1.807, 2.05) is 0 Å². The van der Waals surface area contributed by atoms with E-state index in [2.05, 4.69) is 34.5 Å². The molecule has 18 heavy (non-hydrogen) atoms. The molecule has 0 aromatic heterocycles. The Bertz CT molecular complexity index is 389. The summed E-state index contributed by atoms with van der Waals surface area (Å²) in [6.45, 7) is 6.44. The molecule has 1 heterocycles. The topological polar surface area (TPSA) is 41.3 Å². The van der Waals surface area contributed by atoms with Crippen LogP contribution in [0.25, 0.3) is 0 Å². The number of benzene rings is 1. The number of nitrogens with zero attached hydrogens (tertiary/aromatic N) is 1. The van der Waals surface area contributed by atoms with Gasteiger partial charge in [-0.2, -0.15) is 0 Å². The summed E-state index contributed by atoms with van der Waals surface area (Å²) in [6, 6.07) is 9.15. The third kappa shape index (κ3) is 2.44. The van der Waals surface area contributed by atoms with Gasteiger partial charge in [0.05, 0.1) is 0 Å². The first-order valence-corrected chi connectivity index (χ1v) is 7.05. The Kier molecular flexibility index (Phi) is 3.37. The Balaban J connectivity index is 1.64. The molecule has 3 N–H and O–H groups in total. The minimum atomic E-state index is 0.327.